The normalized spacial score (nSPS) is 13.0. The summed E-state index contributed by atoms with van der Waals surface area (Å²) in [7, 11) is 0. The van der Waals surface area contributed by atoms with Crippen molar-refractivity contribution in [3.63, 3.8) is 0 Å². The molecule has 1 unspecified atom stereocenters. The van der Waals surface area contributed by atoms with Crippen molar-refractivity contribution in [3.05, 3.63) is 41.7 Å². The third kappa shape index (κ3) is 7.24. The van der Waals surface area contributed by atoms with Crippen molar-refractivity contribution < 1.29 is 14.3 Å². The van der Waals surface area contributed by atoms with Gasteiger partial charge in [0.05, 0.1) is 11.9 Å². The molecule has 2 aromatic heterocycles. The highest BCUT2D eigenvalue weighted by Crippen LogP contribution is 2.20. The van der Waals surface area contributed by atoms with E-state index in [1.807, 2.05) is 65.8 Å². The van der Waals surface area contributed by atoms with E-state index in [4.69, 9.17) is 20.9 Å². The van der Waals surface area contributed by atoms with Gasteiger partial charge in [-0.05, 0) is 65.7 Å². The summed E-state index contributed by atoms with van der Waals surface area (Å²) in [5.74, 6) is 0.601. The smallest absolute Gasteiger partial charge is 0.324 e. The van der Waals surface area contributed by atoms with E-state index in [0.29, 0.717) is 23.3 Å². The fraction of sp³-hybridized carbons (Fsp3) is 0.458. The first-order valence-corrected chi connectivity index (χ1v) is 11.1. The first kappa shape index (κ1) is 25.1. The zero-order valence-corrected chi connectivity index (χ0v) is 20.5. The number of nitrogens with one attached hydrogen (secondary N) is 1. The molecule has 2 heterocycles. The van der Waals surface area contributed by atoms with Gasteiger partial charge in [0, 0.05) is 6.54 Å². The minimum absolute atomic E-state index is 0.0362. The summed E-state index contributed by atoms with van der Waals surface area (Å²) >= 11 is 0. The second kappa shape index (κ2) is 9.76. The zero-order chi connectivity index (χ0) is 25.1. The lowest BCUT2D eigenvalue weighted by molar-refractivity contribution is -0.157. The summed E-state index contributed by atoms with van der Waals surface area (Å²) < 4.78 is 11.5. The number of nitrogens with two attached hydrogens (primary N) is 2. The maximum atomic E-state index is 12.9. The Hall–Kier alpha value is -3.53. The Kier molecular flexibility index (Phi) is 7.21. The van der Waals surface area contributed by atoms with E-state index < -0.39 is 11.6 Å². The zero-order valence-electron chi connectivity index (χ0n) is 20.5. The van der Waals surface area contributed by atoms with Crippen LogP contribution in [0.1, 0.15) is 52.8 Å². The van der Waals surface area contributed by atoms with Gasteiger partial charge in [0.1, 0.15) is 23.0 Å². The van der Waals surface area contributed by atoms with Gasteiger partial charge in [-0.1, -0.05) is 12.1 Å². The Morgan fingerprint density at radius 1 is 1.00 bits per heavy atom. The molecule has 0 aliphatic rings. The second-order valence-electron chi connectivity index (χ2n) is 10.0. The topological polar surface area (TPSA) is 151 Å². The van der Waals surface area contributed by atoms with E-state index in [-0.39, 0.29) is 29.9 Å². The van der Waals surface area contributed by atoms with Crippen molar-refractivity contribution in [2.75, 3.05) is 11.5 Å². The Morgan fingerprint density at radius 3 is 2.29 bits per heavy atom. The Labute approximate surface area is 199 Å². The number of ether oxygens (including phenoxy) is 2. The predicted molar refractivity (Wildman–Crippen MR) is 131 cm³/mol. The monoisotopic (exact) mass is 467 g/mol. The van der Waals surface area contributed by atoms with Crippen LogP contribution in [0.15, 0.2) is 30.5 Å². The third-order valence-electron chi connectivity index (χ3n) is 4.51. The molecule has 0 aliphatic carbocycles. The number of carbonyl (C=O) groups excluding carboxylic acids is 1. The van der Waals surface area contributed by atoms with E-state index in [1.165, 1.54) is 0 Å². The lowest BCUT2D eigenvalue weighted by Crippen LogP contribution is -2.42. The molecule has 1 atom stereocenters. The molecule has 182 valence electrons. The number of hydrogen-bond acceptors (Lipinski definition) is 10. The average molecular weight is 468 g/mol. The maximum Gasteiger partial charge on any atom is 0.324 e. The molecule has 0 saturated heterocycles. The molecule has 0 bridgehead atoms. The van der Waals surface area contributed by atoms with Gasteiger partial charge in [0.15, 0.2) is 17.0 Å². The number of carbonyl (C=O) groups is 1. The lowest BCUT2D eigenvalue weighted by atomic mass is 10.0. The van der Waals surface area contributed by atoms with Gasteiger partial charge in [-0.2, -0.15) is 9.97 Å². The van der Waals surface area contributed by atoms with E-state index >= 15 is 0 Å². The van der Waals surface area contributed by atoms with Crippen LogP contribution >= 0.6 is 0 Å². The highest BCUT2D eigenvalue weighted by atomic mass is 16.6. The van der Waals surface area contributed by atoms with Crippen LogP contribution in [0.4, 0.5) is 11.8 Å². The minimum atomic E-state index is -0.615. The van der Waals surface area contributed by atoms with E-state index in [0.717, 1.165) is 11.3 Å². The van der Waals surface area contributed by atoms with Crippen molar-refractivity contribution in [3.8, 4) is 5.75 Å². The first-order chi connectivity index (χ1) is 15.8. The predicted octanol–water partition coefficient (Wildman–Crippen LogP) is 2.80. The van der Waals surface area contributed by atoms with Gasteiger partial charge < -0.3 is 20.9 Å². The van der Waals surface area contributed by atoms with Crippen LogP contribution in [0, 0.1) is 0 Å². The molecule has 5 N–H and O–H groups in total. The van der Waals surface area contributed by atoms with E-state index in [9.17, 15) is 4.79 Å². The van der Waals surface area contributed by atoms with Crippen LogP contribution in [-0.2, 0) is 22.5 Å². The molecule has 0 spiro atoms. The number of esters is 1. The molecule has 3 rings (SSSR count). The van der Waals surface area contributed by atoms with Crippen LogP contribution in [0.5, 0.6) is 5.75 Å². The van der Waals surface area contributed by atoms with Crippen molar-refractivity contribution in [2.45, 2.75) is 71.8 Å². The number of nitrogens with zero attached hydrogens (tertiary/aromatic N) is 4. The number of rotatable bonds is 7. The summed E-state index contributed by atoms with van der Waals surface area (Å²) in [6, 6.07) is 7.08. The molecule has 0 fully saturated rings. The molecule has 0 amide bonds. The van der Waals surface area contributed by atoms with Gasteiger partial charge in [-0.15, -0.1) is 0 Å². The number of anilines is 2. The number of fused-ring (bicyclic) bond motifs is 1. The first-order valence-electron chi connectivity index (χ1n) is 11.1. The molecular weight excluding hydrogens is 434 g/mol. The number of benzene rings is 1. The minimum Gasteiger partial charge on any atom is -0.488 e. The molecule has 0 saturated carbocycles. The summed E-state index contributed by atoms with van der Waals surface area (Å²) in [6.45, 7) is 11.8. The summed E-state index contributed by atoms with van der Waals surface area (Å²) in [5.41, 5.74) is 12.8. The Balaban J connectivity index is 1.77. The Morgan fingerprint density at radius 2 is 1.68 bits per heavy atom. The van der Waals surface area contributed by atoms with Crippen molar-refractivity contribution in [1.29, 1.82) is 0 Å². The van der Waals surface area contributed by atoms with Gasteiger partial charge in [-0.25, -0.2) is 9.97 Å². The SMILES string of the molecule is CC(C)(C)OC(=O)C(Cc1ccc(OC(C)(C)C)cc1)NCc1cnc2nc(N)nc(N)c2n1. The molecular formula is C24H33N7O3. The molecule has 10 nitrogen and oxygen atoms in total. The number of aromatic nitrogens is 4. The van der Waals surface area contributed by atoms with Crippen LogP contribution in [0.25, 0.3) is 11.2 Å². The molecule has 0 aliphatic heterocycles. The maximum absolute atomic E-state index is 12.9. The third-order valence-corrected chi connectivity index (χ3v) is 4.51. The number of hydrogen-bond donors (Lipinski definition) is 3. The average Bonchev–Trinajstić information content (AvgIpc) is 2.70. The molecule has 34 heavy (non-hydrogen) atoms. The van der Waals surface area contributed by atoms with Gasteiger partial charge >= 0.3 is 5.97 Å². The Bertz CT molecular complexity index is 1150. The van der Waals surface area contributed by atoms with Crippen LogP contribution in [0.3, 0.4) is 0 Å². The van der Waals surface area contributed by atoms with Crippen molar-refractivity contribution in [2.24, 2.45) is 0 Å². The van der Waals surface area contributed by atoms with Crippen LogP contribution in [-0.4, -0.2) is 43.1 Å². The quantitative estimate of drug-likeness (QED) is 0.442. The molecule has 3 aromatic rings. The van der Waals surface area contributed by atoms with Crippen molar-refractivity contribution >= 4 is 28.9 Å². The van der Waals surface area contributed by atoms with Gasteiger partial charge in [0.25, 0.3) is 0 Å². The van der Waals surface area contributed by atoms with Gasteiger partial charge in [-0.3, -0.25) is 10.1 Å². The summed E-state index contributed by atoms with van der Waals surface area (Å²) in [6.07, 6.45) is 1.99. The highest BCUT2D eigenvalue weighted by molar-refractivity contribution is 5.81. The standard InChI is InChI=1S/C24H33N7O3/c1-23(2,3)33-16-9-7-14(8-10-16)11-17(21(32)34-24(4,5)6)27-12-15-13-28-20-18(29-15)19(25)30-22(26)31-20/h7-10,13,17,27H,11-12H2,1-6H3,(H4,25,26,28,30,31). The lowest BCUT2D eigenvalue weighted by Gasteiger charge is -2.25. The largest absolute Gasteiger partial charge is 0.488 e. The van der Waals surface area contributed by atoms with Crippen molar-refractivity contribution in [1.82, 2.24) is 25.3 Å². The van der Waals surface area contributed by atoms with Gasteiger partial charge in [0.2, 0.25) is 5.95 Å². The molecule has 0 radical (unpaired) electrons. The van der Waals surface area contributed by atoms with E-state index in [1.54, 1.807) is 6.20 Å². The molecule has 10 heteroatoms. The fourth-order valence-corrected chi connectivity index (χ4v) is 3.19. The molecule has 1 aromatic carbocycles. The van der Waals surface area contributed by atoms with E-state index in [2.05, 4.69) is 25.3 Å². The highest BCUT2D eigenvalue weighted by Gasteiger charge is 2.25. The summed E-state index contributed by atoms with van der Waals surface area (Å²) in [5, 5.41) is 3.24. The number of nitrogen functional groups attached to an aromatic ring is 2. The second-order valence-corrected chi connectivity index (χ2v) is 10.0. The summed E-state index contributed by atoms with van der Waals surface area (Å²) in [4.78, 5) is 29.6. The fourth-order valence-electron chi connectivity index (χ4n) is 3.19. The van der Waals surface area contributed by atoms with Crippen LogP contribution in [0.2, 0.25) is 0 Å². The van der Waals surface area contributed by atoms with Crippen LogP contribution < -0.4 is 21.5 Å².